The van der Waals surface area contributed by atoms with Gasteiger partial charge in [0, 0.05) is 0 Å². The summed E-state index contributed by atoms with van der Waals surface area (Å²) in [5.41, 5.74) is 1.24. The highest BCUT2D eigenvalue weighted by atomic mass is 16.7. The predicted octanol–water partition coefficient (Wildman–Crippen LogP) is 5.05. The quantitative estimate of drug-likeness (QED) is 0.267. The van der Waals surface area contributed by atoms with E-state index >= 15 is 0 Å². The molecular weight excluding hydrogens is 534 g/mol. The summed E-state index contributed by atoms with van der Waals surface area (Å²) in [5, 5.41) is 0. The fraction of sp³-hybridized carbons (Fsp3) is 0.500. The van der Waals surface area contributed by atoms with Crippen LogP contribution in [-0.2, 0) is 28.1 Å². The van der Waals surface area contributed by atoms with E-state index in [1.54, 1.807) is 12.1 Å². The van der Waals surface area contributed by atoms with Gasteiger partial charge in [0.15, 0.2) is 0 Å². The molecule has 0 aliphatic carbocycles. The standard InChI is InChI=1S/C30H38B2O8.C2H6/c1-27(2)28(3,4)38-31(37-27)23-15-13-19(17-21(23)25(33)35-9)11-12-20-14-16-24(22(18-20)26(34)36-10)32-39-29(5,6)30(7,8)40-32;1-2/h11-18H,1-10H3;1-2H3/b12-11+;. The summed E-state index contributed by atoms with van der Waals surface area (Å²) >= 11 is 0. The van der Waals surface area contributed by atoms with Crippen molar-refractivity contribution in [1.82, 2.24) is 0 Å². The maximum atomic E-state index is 12.7. The molecule has 2 aromatic rings. The summed E-state index contributed by atoms with van der Waals surface area (Å²) < 4.78 is 34.8. The molecule has 0 radical (unpaired) electrons. The van der Waals surface area contributed by atoms with E-state index in [1.165, 1.54) is 14.2 Å². The predicted molar refractivity (Wildman–Crippen MR) is 167 cm³/mol. The maximum absolute atomic E-state index is 12.7. The van der Waals surface area contributed by atoms with Crippen molar-refractivity contribution in [2.75, 3.05) is 14.2 Å². The van der Waals surface area contributed by atoms with Gasteiger partial charge in [-0.3, -0.25) is 0 Å². The zero-order chi connectivity index (χ0) is 31.7. The Labute approximate surface area is 251 Å². The molecule has 2 aromatic carbocycles. The maximum Gasteiger partial charge on any atom is 0.495 e. The third-order valence-corrected chi connectivity index (χ3v) is 8.45. The molecular formula is C32H44B2O8. The van der Waals surface area contributed by atoms with Crippen LogP contribution in [0.15, 0.2) is 36.4 Å². The normalized spacial score (nSPS) is 19.8. The van der Waals surface area contributed by atoms with Crippen LogP contribution < -0.4 is 10.9 Å². The molecule has 0 spiro atoms. The van der Waals surface area contributed by atoms with E-state index in [2.05, 4.69) is 0 Å². The fourth-order valence-electron chi connectivity index (χ4n) is 4.47. The van der Waals surface area contributed by atoms with E-state index in [9.17, 15) is 9.59 Å². The third-order valence-electron chi connectivity index (χ3n) is 8.45. The van der Waals surface area contributed by atoms with Gasteiger partial charge in [0.05, 0.1) is 47.8 Å². The molecule has 10 heteroatoms. The molecule has 2 aliphatic heterocycles. The highest BCUT2D eigenvalue weighted by Crippen LogP contribution is 2.38. The van der Waals surface area contributed by atoms with Crippen LogP contribution in [0.25, 0.3) is 12.2 Å². The molecule has 0 saturated carbocycles. The van der Waals surface area contributed by atoms with Crippen molar-refractivity contribution >= 4 is 49.3 Å². The van der Waals surface area contributed by atoms with Crippen LogP contribution in [0.1, 0.15) is 101 Å². The van der Waals surface area contributed by atoms with Gasteiger partial charge in [-0.25, -0.2) is 9.59 Å². The summed E-state index contributed by atoms with van der Waals surface area (Å²) in [7, 11) is 1.27. The molecule has 2 fully saturated rings. The second-order valence-corrected chi connectivity index (χ2v) is 12.2. The van der Waals surface area contributed by atoms with E-state index in [4.69, 9.17) is 28.1 Å². The van der Waals surface area contributed by atoms with Crippen molar-refractivity contribution in [3.8, 4) is 0 Å². The first-order chi connectivity index (χ1) is 19.5. The van der Waals surface area contributed by atoms with Crippen molar-refractivity contribution in [3.05, 3.63) is 58.7 Å². The molecule has 2 saturated heterocycles. The molecule has 0 unspecified atom stereocenters. The number of ether oxygens (including phenoxy) is 2. The van der Waals surface area contributed by atoms with Crippen LogP contribution in [0.3, 0.4) is 0 Å². The molecule has 226 valence electrons. The number of esters is 2. The van der Waals surface area contributed by atoms with Crippen LogP contribution in [0, 0.1) is 0 Å². The van der Waals surface area contributed by atoms with Crippen molar-refractivity contribution in [2.45, 2.75) is 91.6 Å². The van der Waals surface area contributed by atoms with Gasteiger partial charge < -0.3 is 28.1 Å². The van der Waals surface area contributed by atoms with Gasteiger partial charge in [0.2, 0.25) is 0 Å². The number of benzene rings is 2. The molecule has 42 heavy (non-hydrogen) atoms. The lowest BCUT2D eigenvalue weighted by Crippen LogP contribution is -2.41. The van der Waals surface area contributed by atoms with Crippen LogP contribution in [0.2, 0.25) is 0 Å². The van der Waals surface area contributed by atoms with E-state index in [0.717, 1.165) is 11.1 Å². The van der Waals surface area contributed by atoms with E-state index in [1.807, 2.05) is 106 Å². The minimum absolute atomic E-state index is 0.356. The first kappa shape index (κ1) is 33.6. The first-order valence-corrected chi connectivity index (χ1v) is 14.4. The Morgan fingerprint density at radius 1 is 0.595 bits per heavy atom. The van der Waals surface area contributed by atoms with Crippen molar-refractivity contribution in [1.29, 1.82) is 0 Å². The number of hydrogen-bond acceptors (Lipinski definition) is 8. The first-order valence-electron chi connectivity index (χ1n) is 14.4. The molecule has 0 bridgehead atoms. The van der Waals surface area contributed by atoms with Crippen molar-refractivity contribution < 1.29 is 37.7 Å². The van der Waals surface area contributed by atoms with Crippen LogP contribution >= 0.6 is 0 Å². The Balaban J connectivity index is 0.00000237. The average Bonchev–Trinajstić information content (AvgIpc) is 3.30. The average molecular weight is 578 g/mol. The fourth-order valence-corrected chi connectivity index (χ4v) is 4.47. The molecule has 0 atom stereocenters. The molecule has 0 aromatic heterocycles. The zero-order valence-corrected chi connectivity index (χ0v) is 27.0. The summed E-state index contributed by atoms with van der Waals surface area (Å²) in [6, 6.07) is 10.9. The second kappa shape index (κ2) is 12.4. The van der Waals surface area contributed by atoms with Gasteiger partial charge >= 0.3 is 26.2 Å². The number of carbonyl (C=O) groups is 2. The van der Waals surface area contributed by atoms with Gasteiger partial charge in [-0.15, -0.1) is 0 Å². The van der Waals surface area contributed by atoms with Gasteiger partial charge in [-0.2, -0.15) is 0 Å². The van der Waals surface area contributed by atoms with Crippen LogP contribution in [0.5, 0.6) is 0 Å². The second-order valence-electron chi connectivity index (χ2n) is 12.2. The molecule has 4 rings (SSSR count). The zero-order valence-electron chi connectivity index (χ0n) is 27.0. The number of carbonyl (C=O) groups excluding carboxylic acids is 2. The lowest BCUT2D eigenvalue weighted by Gasteiger charge is -2.32. The molecule has 2 aliphatic rings. The topological polar surface area (TPSA) is 89.5 Å². The molecule has 8 nitrogen and oxygen atoms in total. The van der Waals surface area contributed by atoms with Crippen molar-refractivity contribution in [3.63, 3.8) is 0 Å². The van der Waals surface area contributed by atoms with Gasteiger partial charge in [0.25, 0.3) is 0 Å². The highest BCUT2D eigenvalue weighted by Gasteiger charge is 2.53. The Morgan fingerprint density at radius 2 is 0.881 bits per heavy atom. The largest absolute Gasteiger partial charge is 0.495 e. The van der Waals surface area contributed by atoms with E-state index in [-0.39, 0.29) is 0 Å². The highest BCUT2D eigenvalue weighted by molar-refractivity contribution is 6.64. The Morgan fingerprint density at radius 3 is 1.14 bits per heavy atom. The van der Waals surface area contributed by atoms with Gasteiger partial charge in [-0.1, -0.05) is 50.3 Å². The van der Waals surface area contributed by atoms with Gasteiger partial charge in [0.1, 0.15) is 0 Å². The Bertz CT molecular complexity index is 1210. The van der Waals surface area contributed by atoms with E-state index in [0.29, 0.717) is 22.1 Å². The SMILES string of the molecule is CC.COC(=O)c1cc(/C=C/c2ccc(B3OC(C)(C)C(C)(C)O3)c(C(=O)OC)c2)ccc1B1OC(C)(C)C(C)(C)O1. The van der Waals surface area contributed by atoms with E-state index < -0.39 is 48.6 Å². The molecule has 0 N–H and O–H groups in total. The molecule has 0 amide bonds. The lowest BCUT2D eigenvalue weighted by atomic mass is 9.75. The minimum atomic E-state index is -0.706. The third kappa shape index (κ3) is 6.52. The number of hydrogen-bond donors (Lipinski definition) is 0. The monoisotopic (exact) mass is 578 g/mol. The smallest absolute Gasteiger partial charge is 0.465 e. The lowest BCUT2D eigenvalue weighted by molar-refractivity contribution is 0.00578. The number of methoxy groups -OCH3 is 2. The summed E-state index contributed by atoms with van der Waals surface area (Å²) in [6.45, 7) is 19.7. The molecule has 2 heterocycles. The van der Waals surface area contributed by atoms with Gasteiger partial charge in [-0.05, 0) is 89.6 Å². The van der Waals surface area contributed by atoms with Crippen LogP contribution in [0.4, 0.5) is 0 Å². The van der Waals surface area contributed by atoms with Crippen LogP contribution in [-0.4, -0.2) is 62.8 Å². The van der Waals surface area contributed by atoms with Crippen molar-refractivity contribution in [2.24, 2.45) is 0 Å². The Kier molecular flexibility index (Phi) is 9.89. The summed E-state index contributed by atoms with van der Waals surface area (Å²) in [6.07, 6.45) is 3.70. The Hall–Kier alpha value is -2.91. The summed E-state index contributed by atoms with van der Waals surface area (Å²) in [4.78, 5) is 25.4. The summed E-state index contributed by atoms with van der Waals surface area (Å²) in [5.74, 6) is -0.973. The number of rotatable bonds is 6. The minimum Gasteiger partial charge on any atom is -0.465 e.